The van der Waals surface area contributed by atoms with Crippen molar-refractivity contribution < 1.29 is 4.63 Å². The average molecular weight is 245 g/mol. The van der Waals surface area contributed by atoms with Gasteiger partial charge in [-0.15, -0.1) is 0 Å². The second-order valence-corrected chi connectivity index (χ2v) is 4.33. The molecule has 0 saturated heterocycles. The van der Waals surface area contributed by atoms with E-state index in [-0.39, 0.29) is 6.04 Å². The van der Waals surface area contributed by atoms with Crippen molar-refractivity contribution in [2.45, 2.75) is 26.3 Å². The number of nitrogens with zero attached hydrogens (tertiary/aromatic N) is 4. The minimum Gasteiger partial charge on any atom is -0.397 e. The molecule has 0 aliphatic rings. The van der Waals surface area contributed by atoms with Crippen LogP contribution in [0.2, 0.25) is 0 Å². The number of aromatic nitrogens is 2. The number of fused-ring (bicyclic) bond motifs is 1. The van der Waals surface area contributed by atoms with Gasteiger partial charge in [-0.3, -0.25) is 0 Å². The van der Waals surface area contributed by atoms with Crippen LogP contribution in [0.15, 0.2) is 16.8 Å². The van der Waals surface area contributed by atoms with E-state index in [0.29, 0.717) is 29.7 Å². The Bertz CT molecular complexity index is 584. The predicted octanol–water partition coefficient (Wildman–Crippen LogP) is 1.93. The third kappa shape index (κ3) is 2.07. The van der Waals surface area contributed by atoms with Crippen LogP contribution in [0.4, 0.5) is 11.4 Å². The molecule has 1 heterocycles. The number of nitrogens with two attached hydrogens (primary N) is 1. The fraction of sp³-hybridized carbons (Fsp3) is 0.417. The van der Waals surface area contributed by atoms with Crippen molar-refractivity contribution in [2.75, 3.05) is 17.2 Å². The van der Waals surface area contributed by atoms with Crippen molar-refractivity contribution in [3.05, 3.63) is 12.1 Å². The molecule has 2 aromatic rings. The molecule has 0 bridgehead atoms. The Labute approximate surface area is 105 Å². The molecule has 0 spiro atoms. The number of anilines is 2. The van der Waals surface area contributed by atoms with Crippen LogP contribution in [0.1, 0.15) is 20.3 Å². The first-order valence-corrected chi connectivity index (χ1v) is 5.79. The highest BCUT2D eigenvalue weighted by molar-refractivity contribution is 5.95. The molecule has 0 radical (unpaired) electrons. The first-order valence-electron chi connectivity index (χ1n) is 5.79. The van der Waals surface area contributed by atoms with Crippen molar-refractivity contribution in [3.8, 4) is 6.07 Å². The third-order valence-corrected chi connectivity index (χ3v) is 2.82. The largest absolute Gasteiger partial charge is 0.397 e. The Hall–Kier alpha value is -2.29. The standard InChI is InChI=1S/C12H15N5O/c1-8(2)17(7-3-6-13)10-5-4-9(14)11-12(10)16-18-15-11/h4-5,8H,3,7,14H2,1-2H3. The van der Waals surface area contributed by atoms with Gasteiger partial charge in [0.25, 0.3) is 0 Å². The van der Waals surface area contributed by atoms with Gasteiger partial charge in [0.15, 0.2) is 11.0 Å². The Morgan fingerprint density at radius 3 is 2.78 bits per heavy atom. The molecule has 0 amide bonds. The van der Waals surface area contributed by atoms with E-state index in [1.165, 1.54) is 0 Å². The molecular formula is C12H15N5O. The number of hydrogen-bond acceptors (Lipinski definition) is 6. The summed E-state index contributed by atoms with van der Waals surface area (Å²) < 4.78 is 4.75. The molecule has 0 unspecified atom stereocenters. The molecule has 0 aliphatic carbocycles. The molecule has 2 N–H and O–H groups in total. The zero-order valence-corrected chi connectivity index (χ0v) is 10.4. The minimum atomic E-state index is 0.252. The highest BCUT2D eigenvalue weighted by Gasteiger charge is 2.17. The summed E-state index contributed by atoms with van der Waals surface area (Å²) in [6, 6.07) is 6.07. The van der Waals surface area contributed by atoms with E-state index < -0.39 is 0 Å². The number of nitriles is 1. The van der Waals surface area contributed by atoms with Gasteiger partial charge in [-0.1, -0.05) is 0 Å². The highest BCUT2D eigenvalue weighted by atomic mass is 16.6. The number of benzene rings is 1. The highest BCUT2D eigenvalue weighted by Crippen LogP contribution is 2.29. The van der Waals surface area contributed by atoms with Crippen LogP contribution in [0, 0.1) is 11.3 Å². The van der Waals surface area contributed by atoms with Crippen LogP contribution in [-0.2, 0) is 0 Å². The Morgan fingerprint density at radius 1 is 1.39 bits per heavy atom. The van der Waals surface area contributed by atoms with Gasteiger partial charge in [-0.05, 0) is 36.3 Å². The second-order valence-electron chi connectivity index (χ2n) is 4.33. The van der Waals surface area contributed by atoms with E-state index in [2.05, 4.69) is 35.1 Å². The predicted molar refractivity (Wildman–Crippen MR) is 68.9 cm³/mol. The van der Waals surface area contributed by atoms with E-state index in [1.54, 1.807) is 6.07 Å². The van der Waals surface area contributed by atoms with Crippen LogP contribution in [0.5, 0.6) is 0 Å². The number of rotatable bonds is 4. The van der Waals surface area contributed by atoms with Crippen LogP contribution >= 0.6 is 0 Å². The van der Waals surface area contributed by atoms with Crippen LogP contribution < -0.4 is 10.6 Å². The van der Waals surface area contributed by atoms with E-state index in [0.717, 1.165) is 5.69 Å². The first kappa shape index (κ1) is 12.2. The van der Waals surface area contributed by atoms with Crippen LogP contribution in [-0.4, -0.2) is 22.9 Å². The third-order valence-electron chi connectivity index (χ3n) is 2.82. The molecule has 0 saturated carbocycles. The van der Waals surface area contributed by atoms with Gasteiger partial charge < -0.3 is 10.6 Å². The summed E-state index contributed by atoms with van der Waals surface area (Å²) in [5.41, 5.74) is 8.45. The summed E-state index contributed by atoms with van der Waals surface area (Å²) in [5, 5.41) is 16.4. The molecule has 18 heavy (non-hydrogen) atoms. The second kappa shape index (κ2) is 4.92. The molecule has 1 aromatic heterocycles. The molecule has 0 fully saturated rings. The summed E-state index contributed by atoms with van der Waals surface area (Å²) in [7, 11) is 0. The van der Waals surface area contributed by atoms with Gasteiger partial charge in [-0.25, -0.2) is 4.63 Å². The Morgan fingerprint density at radius 2 is 2.11 bits per heavy atom. The van der Waals surface area contributed by atoms with Crippen molar-refractivity contribution in [1.82, 2.24) is 10.3 Å². The van der Waals surface area contributed by atoms with Crippen molar-refractivity contribution in [2.24, 2.45) is 0 Å². The maximum Gasteiger partial charge on any atom is 0.160 e. The topological polar surface area (TPSA) is 92.0 Å². The van der Waals surface area contributed by atoms with Crippen LogP contribution in [0.25, 0.3) is 11.0 Å². The van der Waals surface area contributed by atoms with E-state index in [9.17, 15) is 0 Å². The number of nitrogen functional groups attached to an aromatic ring is 1. The zero-order chi connectivity index (χ0) is 13.1. The summed E-state index contributed by atoms with van der Waals surface area (Å²) in [4.78, 5) is 2.09. The van der Waals surface area contributed by atoms with Crippen molar-refractivity contribution in [1.29, 1.82) is 5.26 Å². The van der Waals surface area contributed by atoms with E-state index in [1.807, 2.05) is 6.07 Å². The lowest BCUT2D eigenvalue weighted by atomic mass is 10.2. The fourth-order valence-electron chi connectivity index (χ4n) is 1.93. The minimum absolute atomic E-state index is 0.252. The Balaban J connectivity index is 2.48. The fourth-order valence-corrected chi connectivity index (χ4v) is 1.93. The SMILES string of the molecule is CC(C)N(CCC#N)c1ccc(N)c2nonc12. The maximum atomic E-state index is 8.72. The van der Waals surface area contributed by atoms with E-state index in [4.69, 9.17) is 15.6 Å². The smallest absolute Gasteiger partial charge is 0.160 e. The molecule has 1 aromatic carbocycles. The van der Waals surface area contributed by atoms with Crippen molar-refractivity contribution >= 4 is 22.4 Å². The van der Waals surface area contributed by atoms with Gasteiger partial charge in [0.2, 0.25) is 0 Å². The molecular weight excluding hydrogens is 230 g/mol. The summed E-state index contributed by atoms with van der Waals surface area (Å²) >= 11 is 0. The van der Waals surface area contributed by atoms with Gasteiger partial charge in [0.1, 0.15) is 0 Å². The molecule has 0 atom stereocenters. The lowest BCUT2D eigenvalue weighted by molar-refractivity contribution is 0.315. The lowest BCUT2D eigenvalue weighted by Crippen LogP contribution is -2.31. The quantitative estimate of drug-likeness (QED) is 0.827. The van der Waals surface area contributed by atoms with E-state index >= 15 is 0 Å². The van der Waals surface area contributed by atoms with Crippen LogP contribution in [0.3, 0.4) is 0 Å². The van der Waals surface area contributed by atoms with Crippen molar-refractivity contribution in [3.63, 3.8) is 0 Å². The average Bonchev–Trinajstić information content (AvgIpc) is 2.81. The molecule has 6 nitrogen and oxygen atoms in total. The van der Waals surface area contributed by atoms with Gasteiger partial charge in [0, 0.05) is 12.6 Å². The zero-order valence-electron chi connectivity index (χ0n) is 10.4. The number of hydrogen-bond donors (Lipinski definition) is 1. The first-order chi connectivity index (χ1) is 8.65. The maximum absolute atomic E-state index is 8.72. The molecule has 94 valence electrons. The Kier molecular flexibility index (Phi) is 3.33. The summed E-state index contributed by atoms with van der Waals surface area (Å²) in [6.45, 7) is 4.76. The lowest BCUT2D eigenvalue weighted by Gasteiger charge is -2.28. The van der Waals surface area contributed by atoms with Gasteiger partial charge >= 0.3 is 0 Å². The summed E-state index contributed by atoms with van der Waals surface area (Å²) in [5.74, 6) is 0. The monoisotopic (exact) mass is 245 g/mol. The molecule has 2 rings (SSSR count). The molecule has 6 heteroatoms. The van der Waals surface area contributed by atoms with Gasteiger partial charge in [-0.2, -0.15) is 5.26 Å². The van der Waals surface area contributed by atoms with Gasteiger partial charge in [0.05, 0.1) is 23.9 Å². The molecule has 0 aliphatic heterocycles. The summed E-state index contributed by atoms with van der Waals surface area (Å²) in [6.07, 6.45) is 0.454. The normalized spacial score (nSPS) is 10.8.